The molecular formula is C14H19NO6. The van der Waals surface area contributed by atoms with Crippen LogP contribution in [0.4, 0.5) is 0 Å². The maximum atomic E-state index is 12.1. The molecule has 0 amide bonds. The predicted octanol–water partition coefficient (Wildman–Crippen LogP) is 1.79. The summed E-state index contributed by atoms with van der Waals surface area (Å²) >= 11 is 0. The Hall–Kier alpha value is -2.18. The number of hydrogen-bond donors (Lipinski definition) is 0. The topological polar surface area (TPSA) is 95.7 Å². The van der Waals surface area contributed by atoms with Gasteiger partial charge < -0.3 is 9.47 Å². The second-order valence-corrected chi connectivity index (χ2v) is 5.32. The van der Waals surface area contributed by atoms with Gasteiger partial charge in [-0.05, 0) is 27.7 Å². The van der Waals surface area contributed by atoms with Gasteiger partial charge in [0.15, 0.2) is 0 Å². The van der Waals surface area contributed by atoms with Gasteiger partial charge in [-0.1, -0.05) is 12.2 Å². The first-order valence-electron chi connectivity index (χ1n) is 6.64. The Bertz CT molecular complexity index is 506. The molecule has 0 spiro atoms. The molecule has 0 saturated heterocycles. The van der Waals surface area contributed by atoms with Crippen molar-refractivity contribution in [3.05, 3.63) is 33.9 Å². The summed E-state index contributed by atoms with van der Waals surface area (Å²) in [5.74, 6) is -1.65. The van der Waals surface area contributed by atoms with Crippen LogP contribution in [0.3, 0.4) is 0 Å². The molecule has 7 nitrogen and oxygen atoms in total. The number of ether oxygens (including phenoxy) is 2. The molecule has 1 rings (SSSR count). The average Bonchev–Trinajstić information content (AvgIpc) is 2.36. The van der Waals surface area contributed by atoms with E-state index in [0.29, 0.717) is 0 Å². The summed E-state index contributed by atoms with van der Waals surface area (Å²) in [4.78, 5) is 34.6. The minimum absolute atomic E-state index is 0.0728. The first-order valence-corrected chi connectivity index (χ1v) is 6.64. The summed E-state index contributed by atoms with van der Waals surface area (Å²) in [7, 11) is 0. The number of rotatable bonds is 5. The highest BCUT2D eigenvalue weighted by molar-refractivity contribution is 5.93. The molecule has 0 N–H and O–H groups in total. The van der Waals surface area contributed by atoms with Crippen molar-refractivity contribution in [1.29, 1.82) is 0 Å². The van der Waals surface area contributed by atoms with Gasteiger partial charge in [0.05, 0.1) is 18.6 Å². The summed E-state index contributed by atoms with van der Waals surface area (Å²) < 4.78 is 9.96. The van der Waals surface area contributed by atoms with Crippen molar-refractivity contribution in [2.75, 3.05) is 0 Å². The zero-order valence-electron chi connectivity index (χ0n) is 12.5. The summed E-state index contributed by atoms with van der Waals surface area (Å²) in [5, 5.41) is 11.4. The van der Waals surface area contributed by atoms with Crippen LogP contribution in [0, 0.1) is 10.1 Å². The van der Waals surface area contributed by atoms with Gasteiger partial charge in [-0.25, -0.2) is 9.59 Å². The molecule has 0 aromatic heterocycles. The van der Waals surface area contributed by atoms with Crippen molar-refractivity contribution in [2.45, 2.75) is 51.9 Å². The van der Waals surface area contributed by atoms with Crippen molar-refractivity contribution in [3.8, 4) is 0 Å². The van der Waals surface area contributed by atoms with E-state index >= 15 is 0 Å². The molecule has 0 aliphatic heterocycles. The molecule has 1 unspecified atom stereocenters. The standard InChI is InChI=1S/C14H19NO6/c1-9(2)20-12(16)11-6-5-7-14(8-11,15(18)19)13(17)21-10(3)4/h5-7,9-10H,8H2,1-4H3. The van der Waals surface area contributed by atoms with E-state index in [1.54, 1.807) is 27.7 Å². The summed E-state index contributed by atoms with van der Waals surface area (Å²) in [5.41, 5.74) is -2.01. The Kier molecular flexibility index (Phi) is 5.23. The monoisotopic (exact) mass is 297 g/mol. The molecule has 116 valence electrons. The number of hydrogen-bond acceptors (Lipinski definition) is 6. The number of allylic oxidation sites excluding steroid dienone is 2. The predicted molar refractivity (Wildman–Crippen MR) is 74.0 cm³/mol. The van der Waals surface area contributed by atoms with Gasteiger partial charge in [0.25, 0.3) is 0 Å². The van der Waals surface area contributed by atoms with Crippen molar-refractivity contribution in [3.63, 3.8) is 0 Å². The van der Waals surface area contributed by atoms with Crippen molar-refractivity contribution >= 4 is 11.9 Å². The molecular weight excluding hydrogens is 278 g/mol. The Labute approximate surface area is 122 Å². The van der Waals surface area contributed by atoms with E-state index in [1.807, 2.05) is 0 Å². The van der Waals surface area contributed by atoms with Gasteiger partial charge in [-0.3, -0.25) is 10.1 Å². The zero-order valence-corrected chi connectivity index (χ0v) is 12.5. The average molecular weight is 297 g/mol. The van der Waals surface area contributed by atoms with Gasteiger partial charge in [-0.15, -0.1) is 0 Å². The van der Waals surface area contributed by atoms with E-state index in [4.69, 9.17) is 9.47 Å². The van der Waals surface area contributed by atoms with Crippen LogP contribution in [-0.2, 0) is 19.1 Å². The number of carbonyl (C=O) groups is 2. The van der Waals surface area contributed by atoms with E-state index in [2.05, 4.69) is 0 Å². The molecule has 21 heavy (non-hydrogen) atoms. The van der Waals surface area contributed by atoms with Crippen molar-refractivity contribution in [1.82, 2.24) is 0 Å². The summed E-state index contributed by atoms with van der Waals surface area (Å²) in [6.45, 7) is 6.54. The largest absolute Gasteiger partial charge is 0.460 e. The normalized spacial score (nSPS) is 21.1. The maximum absolute atomic E-state index is 12.1. The second-order valence-electron chi connectivity index (χ2n) is 5.32. The second kappa shape index (κ2) is 6.51. The highest BCUT2D eigenvalue weighted by Gasteiger charge is 2.53. The van der Waals surface area contributed by atoms with Crippen molar-refractivity contribution < 1.29 is 24.0 Å². The summed E-state index contributed by atoms with van der Waals surface area (Å²) in [6, 6.07) is 0. The third kappa shape index (κ3) is 3.90. The molecule has 0 bridgehead atoms. The molecule has 1 aliphatic rings. The number of carbonyl (C=O) groups excluding carboxylic acids is 2. The van der Waals surface area contributed by atoms with Gasteiger partial charge >= 0.3 is 17.5 Å². The fraction of sp³-hybridized carbons (Fsp3) is 0.571. The summed E-state index contributed by atoms with van der Waals surface area (Å²) in [6.07, 6.45) is 2.65. The van der Waals surface area contributed by atoms with E-state index in [1.165, 1.54) is 12.2 Å². The van der Waals surface area contributed by atoms with Crippen LogP contribution in [0.15, 0.2) is 23.8 Å². The van der Waals surface area contributed by atoms with Gasteiger partial charge in [0.1, 0.15) is 0 Å². The smallest absolute Gasteiger partial charge is 0.389 e. The quantitative estimate of drug-likeness (QED) is 0.436. The third-order valence-electron chi connectivity index (χ3n) is 2.76. The first-order chi connectivity index (χ1) is 9.69. The highest BCUT2D eigenvalue weighted by atomic mass is 16.6. The molecule has 1 atom stereocenters. The molecule has 7 heteroatoms. The molecule has 0 saturated carbocycles. The maximum Gasteiger partial charge on any atom is 0.389 e. The van der Waals surface area contributed by atoms with Crippen LogP contribution in [0.5, 0.6) is 0 Å². The Morgan fingerprint density at radius 3 is 2.29 bits per heavy atom. The van der Waals surface area contributed by atoms with Gasteiger partial charge in [0.2, 0.25) is 0 Å². The van der Waals surface area contributed by atoms with E-state index in [0.717, 1.165) is 6.08 Å². The van der Waals surface area contributed by atoms with Crippen LogP contribution in [0.25, 0.3) is 0 Å². The van der Waals surface area contributed by atoms with Crippen LogP contribution >= 0.6 is 0 Å². The van der Waals surface area contributed by atoms with Crippen molar-refractivity contribution in [2.24, 2.45) is 0 Å². The lowest BCUT2D eigenvalue weighted by Crippen LogP contribution is -2.48. The molecule has 0 fully saturated rings. The Morgan fingerprint density at radius 2 is 1.81 bits per heavy atom. The van der Waals surface area contributed by atoms with E-state index in [-0.39, 0.29) is 18.1 Å². The molecule has 0 aromatic carbocycles. The minimum atomic E-state index is -2.08. The molecule has 0 heterocycles. The number of nitro groups is 1. The van der Waals surface area contributed by atoms with E-state index in [9.17, 15) is 19.7 Å². The molecule has 0 aromatic rings. The lowest BCUT2D eigenvalue weighted by Gasteiger charge is -2.24. The SMILES string of the molecule is CC(C)OC(=O)C1=CC=CC(C(=O)OC(C)C)([N+](=O)[O-])C1. The lowest BCUT2D eigenvalue weighted by molar-refractivity contribution is -0.541. The van der Waals surface area contributed by atoms with Gasteiger partial charge in [0, 0.05) is 16.6 Å². The number of esters is 2. The van der Waals surface area contributed by atoms with Crippen LogP contribution in [0.2, 0.25) is 0 Å². The van der Waals surface area contributed by atoms with Crippen LogP contribution < -0.4 is 0 Å². The fourth-order valence-electron chi connectivity index (χ4n) is 1.82. The lowest BCUT2D eigenvalue weighted by atomic mass is 9.87. The molecule has 0 radical (unpaired) electrons. The van der Waals surface area contributed by atoms with Crippen LogP contribution in [-0.4, -0.2) is 34.6 Å². The minimum Gasteiger partial charge on any atom is -0.460 e. The highest BCUT2D eigenvalue weighted by Crippen LogP contribution is 2.29. The third-order valence-corrected chi connectivity index (χ3v) is 2.76. The molecule has 1 aliphatic carbocycles. The Morgan fingerprint density at radius 1 is 1.24 bits per heavy atom. The zero-order chi connectivity index (χ0) is 16.2. The fourth-order valence-corrected chi connectivity index (χ4v) is 1.82. The first kappa shape index (κ1) is 16.9. The van der Waals surface area contributed by atoms with Crippen LogP contribution in [0.1, 0.15) is 34.1 Å². The number of nitrogens with zero attached hydrogens (tertiary/aromatic N) is 1. The van der Waals surface area contributed by atoms with E-state index < -0.39 is 28.5 Å². The van der Waals surface area contributed by atoms with Gasteiger partial charge in [-0.2, -0.15) is 0 Å². The Balaban J connectivity index is 3.03.